The SMILES string of the molecule is COC12OC/C(C)=C\CC[C@@H](C)C(=CC(OS(=O)(=O)c3ccc(C)cc3)=C1C)C2=O. The van der Waals surface area contributed by atoms with Crippen molar-refractivity contribution in [3.63, 3.8) is 0 Å². The summed E-state index contributed by atoms with van der Waals surface area (Å²) in [6.45, 7) is 7.53. The maximum atomic E-state index is 13.4. The van der Waals surface area contributed by atoms with Crippen LogP contribution in [-0.4, -0.2) is 33.7 Å². The van der Waals surface area contributed by atoms with Crippen molar-refractivity contribution in [1.82, 2.24) is 0 Å². The molecule has 0 spiro atoms. The van der Waals surface area contributed by atoms with Crippen LogP contribution in [0.5, 0.6) is 0 Å². The van der Waals surface area contributed by atoms with Crippen molar-refractivity contribution in [1.29, 1.82) is 0 Å². The molecule has 2 bridgehead atoms. The zero-order valence-corrected chi connectivity index (χ0v) is 18.8. The molecule has 1 heterocycles. The summed E-state index contributed by atoms with van der Waals surface area (Å²) in [5, 5.41) is 0. The molecule has 1 aromatic rings. The van der Waals surface area contributed by atoms with Gasteiger partial charge in [0.25, 0.3) is 5.79 Å². The van der Waals surface area contributed by atoms with Gasteiger partial charge in [-0.1, -0.05) is 36.3 Å². The predicted molar refractivity (Wildman–Crippen MR) is 113 cm³/mol. The molecule has 162 valence electrons. The third kappa shape index (κ3) is 4.15. The van der Waals surface area contributed by atoms with Crippen molar-refractivity contribution in [2.75, 3.05) is 13.7 Å². The quantitative estimate of drug-likeness (QED) is 0.524. The van der Waals surface area contributed by atoms with Crippen LogP contribution in [0, 0.1) is 12.8 Å². The van der Waals surface area contributed by atoms with Crippen LogP contribution in [0.15, 0.2) is 63.8 Å². The van der Waals surface area contributed by atoms with Crippen LogP contribution in [0.3, 0.4) is 0 Å². The molecule has 2 aliphatic rings. The van der Waals surface area contributed by atoms with Crippen molar-refractivity contribution in [3.8, 4) is 0 Å². The van der Waals surface area contributed by atoms with Crippen LogP contribution in [0.4, 0.5) is 0 Å². The largest absolute Gasteiger partial charge is 0.379 e. The summed E-state index contributed by atoms with van der Waals surface area (Å²) in [6, 6.07) is 6.40. The van der Waals surface area contributed by atoms with Crippen LogP contribution in [0.25, 0.3) is 0 Å². The fourth-order valence-corrected chi connectivity index (χ4v) is 4.62. The average Bonchev–Trinajstić information content (AvgIpc) is 2.70. The molecule has 1 aliphatic heterocycles. The van der Waals surface area contributed by atoms with E-state index in [0.29, 0.717) is 5.57 Å². The second kappa shape index (κ2) is 8.49. The Bertz CT molecular complexity index is 1030. The first kappa shape index (κ1) is 22.5. The van der Waals surface area contributed by atoms with Crippen LogP contribution in [-0.2, 0) is 28.6 Å². The third-order valence-electron chi connectivity index (χ3n) is 5.63. The summed E-state index contributed by atoms with van der Waals surface area (Å²) in [7, 11) is -2.71. The second-order valence-electron chi connectivity index (χ2n) is 7.91. The van der Waals surface area contributed by atoms with E-state index in [4.69, 9.17) is 13.7 Å². The highest BCUT2D eigenvalue weighted by Gasteiger charge is 2.49. The molecule has 0 fully saturated rings. The molecule has 0 amide bonds. The van der Waals surface area contributed by atoms with Crippen molar-refractivity contribution in [3.05, 3.63) is 64.5 Å². The molecule has 0 N–H and O–H groups in total. The normalized spacial score (nSPS) is 27.2. The van der Waals surface area contributed by atoms with Crippen molar-refractivity contribution < 1.29 is 26.9 Å². The van der Waals surface area contributed by atoms with Gasteiger partial charge in [0.1, 0.15) is 10.7 Å². The van der Waals surface area contributed by atoms with Gasteiger partial charge in [-0.25, -0.2) is 0 Å². The lowest BCUT2D eigenvalue weighted by Gasteiger charge is -2.37. The van der Waals surface area contributed by atoms with Crippen LogP contribution < -0.4 is 0 Å². The number of allylic oxidation sites excluding steroid dienone is 2. The average molecular weight is 433 g/mol. The molecule has 1 unspecified atom stereocenters. The number of ether oxygens (including phenoxy) is 2. The highest BCUT2D eigenvalue weighted by Crippen LogP contribution is 2.40. The monoisotopic (exact) mass is 432 g/mol. The van der Waals surface area contributed by atoms with E-state index >= 15 is 0 Å². The molecule has 7 heteroatoms. The summed E-state index contributed by atoms with van der Waals surface area (Å²) < 4.78 is 42.9. The van der Waals surface area contributed by atoms with E-state index in [2.05, 4.69) is 6.08 Å². The number of rotatable bonds is 4. The molecule has 0 radical (unpaired) electrons. The summed E-state index contributed by atoms with van der Waals surface area (Å²) in [6.07, 6.45) is 5.14. The number of hydrogen-bond donors (Lipinski definition) is 0. The summed E-state index contributed by atoms with van der Waals surface area (Å²) in [4.78, 5) is 13.4. The van der Waals surface area contributed by atoms with E-state index < -0.39 is 15.9 Å². The van der Waals surface area contributed by atoms with Crippen molar-refractivity contribution >= 4 is 15.9 Å². The first-order valence-electron chi connectivity index (χ1n) is 9.94. The van der Waals surface area contributed by atoms with Crippen molar-refractivity contribution in [2.24, 2.45) is 5.92 Å². The van der Waals surface area contributed by atoms with E-state index in [0.717, 1.165) is 24.0 Å². The molecule has 0 aromatic heterocycles. The Labute approximate surface area is 178 Å². The van der Waals surface area contributed by atoms with Gasteiger partial charge in [0.05, 0.1) is 6.61 Å². The van der Waals surface area contributed by atoms with Gasteiger partial charge in [-0.05, 0) is 57.7 Å². The number of benzene rings is 1. The zero-order valence-electron chi connectivity index (χ0n) is 18.0. The molecular formula is C23H28O6S. The first-order chi connectivity index (χ1) is 14.1. The number of aryl methyl sites for hydroxylation is 1. The highest BCUT2D eigenvalue weighted by atomic mass is 32.2. The molecular weight excluding hydrogens is 404 g/mol. The Morgan fingerprint density at radius 3 is 2.43 bits per heavy atom. The van der Waals surface area contributed by atoms with E-state index in [-0.39, 0.29) is 34.5 Å². The highest BCUT2D eigenvalue weighted by molar-refractivity contribution is 7.86. The lowest BCUT2D eigenvalue weighted by atomic mass is 9.82. The molecule has 1 aliphatic carbocycles. The second-order valence-corrected chi connectivity index (χ2v) is 9.45. The minimum atomic E-state index is -4.09. The van der Waals surface area contributed by atoms with Gasteiger partial charge in [0, 0.05) is 18.3 Å². The van der Waals surface area contributed by atoms with Crippen LogP contribution in [0.1, 0.15) is 39.2 Å². The Hall–Kier alpha value is -2.22. The summed E-state index contributed by atoms with van der Waals surface area (Å²) in [5.74, 6) is -2.10. The Morgan fingerprint density at radius 2 is 1.80 bits per heavy atom. The standard InChI is InChI=1S/C23H28O6S/c1-15-9-11-19(12-10-15)30(25,26)29-21-13-20-17(3)8-6-7-16(2)14-28-23(27-5,18(21)4)22(20)24/h7,9-13,17H,6,8,14H2,1-5H3/b16-7-/t17-,23?/m1/s1. The number of fused-ring (bicyclic) bond motifs is 2. The molecule has 0 saturated heterocycles. The van der Waals surface area contributed by atoms with Gasteiger partial charge in [0.15, 0.2) is 0 Å². The summed E-state index contributed by atoms with van der Waals surface area (Å²) in [5.41, 5.74) is 2.62. The van der Waals surface area contributed by atoms with Gasteiger partial charge in [-0.3, -0.25) is 4.79 Å². The molecule has 3 rings (SSSR count). The molecule has 2 atom stereocenters. The fourth-order valence-electron chi connectivity index (χ4n) is 3.65. The Balaban J connectivity index is 2.11. The summed E-state index contributed by atoms with van der Waals surface area (Å²) >= 11 is 0. The van der Waals surface area contributed by atoms with Crippen LogP contribution >= 0.6 is 0 Å². The fraction of sp³-hybridized carbons (Fsp3) is 0.435. The van der Waals surface area contributed by atoms with Gasteiger partial charge in [0.2, 0.25) is 5.78 Å². The number of Topliss-reactive ketones (excluding diaryl/α,β-unsaturated/α-hetero) is 1. The third-order valence-corrected chi connectivity index (χ3v) is 6.88. The van der Waals surface area contributed by atoms with Gasteiger partial charge < -0.3 is 13.7 Å². The number of ketones is 1. The van der Waals surface area contributed by atoms with Crippen LogP contribution in [0.2, 0.25) is 0 Å². The Kier molecular flexibility index (Phi) is 6.36. The molecule has 0 saturated carbocycles. The van der Waals surface area contributed by atoms with E-state index in [1.165, 1.54) is 25.3 Å². The Morgan fingerprint density at radius 1 is 1.13 bits per heavy atom. The zero-order chi connectivity index (χ0) is 22.1. The molecule has 30 heavy (non-hydrogen) atoms. The number of methoxy groups -OCH3 is 1. The van der Waals surface area contributed by atoms with E-state index in [9.17, 15) is 13.2 Å². The minimum Gasteiger partial charge on any atom is -0.379 e. The maximum absolute atomic E-state index is 13.4. The predicted octanol–water partition coefficient (Wildman–Crippen LogP) is 4.22. The number of carbonyl (C=O) groups excluding carboxylic acids is 1. The number of carbonyl (C=O) groups is 1. The van der Waals surface area contributed by atoms with Gasteiger partial charge in [-0.2, -0.15) is 8.42 Å². The minimum absolute atomic E-state index is 0.0390. The van der Waals surface area contributed by atoms with E-state index in [1.54, 1.807) is 19.1 Å². The molecule has 1 aromatic carbocycles. The van der Waals surface area contributed by atoms with Gasteiger partial charge in [-0.15, -0.1) is 0 Å². The smallest absolute Gasteiger partial charge is 0.339 e. The molecule has 6 nitrogen and oxygen atoms in total. The van der Waals surface area contributed by atoms with Gasteiger partial charge >= 0.3 is 10.1 Å². The lowest BCUT2D eigenvalue weighted by Crippen LogP contribution is -2.49. The topological polar surface area (TPSA) is 78.9 Å². The lowest BCUT2D eigenvalue weighted by molar-refractivity contribution is -0.195. The number of hydrogen-bond acceptors (Lipinski definition) is 6. The first-order valence-corrected chi connectivity index (χ1v) is 11.3. The maximum Gasteiger partial charge on any atom is 0.339 e. The van der Waals surface area contributed by atoms with Crippen molar-refractivity contribution in [2.45, 2.75) is 51.2 Å². The van der Waals surface area contributed by atoms with E-state index in [1.807, 2.05) is 20.8 Å².